The third-order valence-corrected chi connectivity index (χ3v) is 7.12. The number of amides is 1. The van der Waals surface area contributed by atoms with Crippen LogP contribution in [0.15, 0.2) is 47.4 Å². The summed E-state index contributed by atoms with van der Waals surface area (Å²) in [6.45, 7) is 1.48. The molecule has 0 unspecified atom stereocenters. The molecule has 0 bridgehead atoms. The number of nitrogens with zero attached hydrogens (tertiary/aromatic N) is 1. The van der Waals surface area contributed by atoms with Crippen molar-refractivity contribution in [3.8, 4) is 11.5 Å². The molecule has 1 amide bonds. The number of carbonyl (C=O) groups is 1. The van der Waals surface area contributed by atoms with E-state index in [-0.39, 0.29) is 12.3 Å². The third kappa shape index (κ3) is 5.31. The maximum absolute atomic E-state index is 12.7. The van der Waals surface area contributed by atoms with Gasteiger partial charge in [-0.3, -0.25) is 4.79 Å². The van der Waals surface area contributed by atoms with Gasteiger partial charge in [0.25, 0.3) is 0 Å². The third-order valence-electron chi connectivity index (χ3n) is 5.21. The van der Waals surface area contributed by atoms with Crippen LogP contribution in [0.1, 0.15) is 30.4 Å². The summed E-state index contributed by atoms with van der Waals surface area (Å²) < 4.78 is 37.5. The topological polar surface area (TPSA) is 84.9 Å². The summed E-state index contributed by atoms with van der Waals surface area (Å²) in [4.78, 5) is 12.6. The van der Waals surface area contributed by atoms with Crippen molar-refractivity contribution in [2.45, 2.75) is 37.1 Å². The minimum Gasteiger partial charge on any atom is -0.497 e. The summed E-state index contributed by atoms with van der Waals surface area (Å²) in [5.41, 5.74) is 1.60. The van der Waals surface area contributed by atoms with E-state index in [2.05, 4.69) is 5.32 Å². The van der Waals surface area contributed by atoms with Gasteiger partial charge in [0.05, 0.1) is 25.5 Å². The molecule has 0 radical (unpaired) electrons. The molecular formula is C22H28N2O5S. The summed E-state index contributed by atoms with van der Waals surface area (Å²) in [5, 5.41) is 2.86. The average Bonchev–Trinajstić information content (AvgIpc) is 2.78. The van der Waals surface area contributed by atoms with Crippen molar-refractivity contribution in [1.82, 2.24) is 9.62 Å². The average molecular weight is 433 g/mol. The first-order chi connectivity index (χ1) is 14.4. The molecule has 30 heavy (non-hydrogen) atoms. The SMILES string of the molecule is COc1ccc(CC(=O)NCc2ccc(S(=O)(=O)N3CCCCC3)cc2)c(OC)c1. The van der Waals surface area contributed by atoms with Gasteiger partial charge in [0.1, 0.15) is 11.5 Å². The number of benzene rings is 2. The van der Waals surface area contributed by atoms with E-state index < -0.39 is 10.0 Å². The molecule has 1 heterocycles. The number of methoxy groups -OCH3 is 2. The second-order valence-electron chi connectivity index (χ2n) is 7.24. The van der Waals surface area contributed by atoms with Crippen LogP contribution in [0, 0.1) is 0 Å². The number of carbonyl (C=O) groups excluding carboxylic acids is 1. The number of piperidine rings is 1. The molecule has 1 saturated heterocycles. The molecule has 2 aromatic carbocycles. The largest absolute Gasteiger partial charge is 0.497 e. The van der Waals surface area contributed by atoms with E-state index in [9.17, 15) is 13.2 Å². The van der Waals surface area contributed by atoms with Gasteiger partial charge in [0.15, 0.2) is 0 Å². The Hall–Kier alpha value is -2.58. The Labute approximate surface area is 178 Å². The molecule has 1 N–H and O–H groups in total. The molecule has 0 atom stereocenters. The Morgan fingerprint density at radius 3 is 2.33 bits per heavy atom. The Morgan fingerprint density at radius 1 is 1.00 bits per heavy atom. The highest BCUT2D eigenvalue weighted by molar-refractivity contribution is 7.89. The number of ether oxygens (including phenoxy) is 2. The van der Waals surface area contributed by atoms with E-state index in [4.69, 9.17) is 9.47 Å². The lowest BCUT2D eigenvalue weighted by Gasteiger charge is -2.25. The quantitative estimate of drug-likeness (QED) is 0.693. The molecule has 162 valence electrons. The molecule has 3 rings (SSSR count). The molecule has 0 aliphatic carbocycles. The number of hydrogen-bond donors (Lipinski definition) is 1. The lowest BCUT2D eigenvalue weighted by atomic mass is 10.1. The first-order valence-corrected chi connectivity index (χ1v) is 11.4. The van der Waals surface area contributed by atoms with Crippen LogP contribution >= 0.6 is 0 Å². The lowest BCUT2D eigenvalue weighted by molar-refractivity contribution is -0.120. The predicted molar refractivity (Wildman–Crippen MR) is 114 cm³/mol. The number of nitrogens with one attached hydrogen (secondary N) is 1. The van der Waals surface area contributed by atoms with Crippen molar-refractivity contribution in [2.75, 3.05) is 27.3 Å². The maximum atomic E-state index is 12.7. The molecule has 0 spiro atoms. The normalized spacial score (nSPS) is 14.9. The van der Waals surface area contributed by atoms with Crippen LogP contribution in [-0.2, 0) is 27.8 Å². The van der Waals surface area contributed by atoms with Crippen molar-refractivity contribution in [2.24, 2.45) is 0 Å². The highest BCUT2D eigenvalue weighted by Gasteiger charge is 2.25. The second kappa shape index (κ2) is 9.95. The fourth-order valence-corrected chi connectivity index (χ4v) is 4.98. The second-order valence-corrected chi connectivity index (χ2v) is 9.18. The molecule has 1 aliphatic heterocycles. The highest BCUT2D eigenvalue weighted by Crippen LogP contribution is 2.25. The van der Waals surface area contributed by atoms with Crippen LogP contribution in [0.4, 0.5) is 0 Å². The Morgan fingerprint density at radius 2 is 1.70 bits per heavy atom. The number of rotatable bonds is 8. The van der Waals surface area contributed by atoms with Gasteiger partial charge in [-0.15, -0.1) is 0 Å². The van der Waals surface area contributed by atoms with Crippen molar-refractivity contribution in [1.29, 1.82) is 0 Å². The molecule has 2 aromatic rings. The Balaban J connectivity index is 1.58. The number of sulfonamides is 1. The summed E-state index contributed by atoms with van der Waals surface area (Å²) in [6, 6.07) is 12.0. The van der Waals surface area contributed by atoms with Gasteiger partial charge in [0, 0.05) is 31.3 Å². The fourth-order valence-electron chi connectivity index (χ4n) is 3.47. The van der Waals surface area contributed by atoms with Gasteiger partial charge in [0.2, 0.25) is 15.9 Å². The Kier molecular flexibility index (Phi) is 7.33. The van der Waals surface area contributed by atoms with Gasteiger partial charge in [-0.1, -0.05) is 24.6 Å². The van der Waals surface area contributed by atoms with Gasteiger partial charge < -0.3 is 14.8 Å². The molecular weight excluding hydrogens is 404 g/mol. The van der Waals surface area contributed by atoms with E-state index in [1.165, 1.54) is 0 Å². The lowest BCUT2D eigenvalue weighted by Crippen LogP contribution is -2.35. The first-order valence-electron chi connectivity index (χ1n) is 10.0. The Bertz CT molecular complexity index is 968. The van der Waals surface area contributed by atoms with Crippen molar-refractivity contribution >= 4 is 15.9 Å². The first kappa shape index (κ1) is 22.1. The smallest absolute Gasteiger partial charge is 0.243 e. The van der Waals surface area contributed by atoms with Crippen molar-refractivity contribution in [3.05, 3.63) is 53.6 Å². The van der Waals surface area contributed by atoms with E-state index in [0.29, 0.717) is 36.0 Å². The van der Waals surface area contributed by atoms with E-state index in [1.54, 1.807) is 61.0 Å². The minimum atomic E-state index is -3.44. The van der Waals surface area contributed by atoms with Gasteiger partial charge in [-0.2, -0.15) is 4.31 Å². The van der Waals surface area contributed by atoms with Gasteiger partial charge >= 0.3 is 0 Å². The van der Waals surface area contributed by atoms with Crippen LogP contribution in [0.5, 0.6) is 11.5 Å². The van der Waals surface area contributed by atoms with Crippen LogP contribution in [0.25, 0.3) is 0 Å². The zero-order valence-corrected chi connectivity index (χ0v) is 18.2. The molecule has 1 fully saturated rings. The monoisotopic (exact) mass is 432 g/mol. The van der Waals surface area contributed by atoms with Crippen LogP contribution in [0.3, 0.4) is 0 Å². The minimum absolute atomic E-state index is 0.150. The predicted octanol–water partition coefficient (Wildman–Crippen LogP) is 2.74. The van der Waals surface area contributed by atoms with E-state index in [0.717, 1.165) is 30.4 Å². The van der Waals surface area contributed by atoms with Crippen LogP contribution in [0.2, 0.25) is 0 Å². The van der Waals surface area contributed by atoms with Crippen LogP contribution in [-0.4, -0.2) is 45.9 Å². The summed E-state index contributed by atoms with van der Waals surface area (Å²) in [6.07, 6.45) is 3.06. The molecule has 8 heteroatoms. The molecule has 1 aliphatic rings. The zero-order chi connectivity index (χ0) is 21.6. The van der Waals surface area contributed by atoms with Gasteiger partial charge in [-0.05, 0) is 36.6 Å². The molecule has 0 saturated carbocycles. The fraction of sp³-hybridized carbons (Fsp3) is 0.409. The highest BCUT2D eigenvalue weighted by atomic mass is 32.2. The van der Waals surface area contributed by atoms with Crippen LogP contribution < -0.4 is 14.8 Å². The van der Waals surface area contributed by atoms with Gasteiger partial charge in [-0.25, -0.2) is 8.42 Å². The van der Waals surface area contributed by atoms with E-state index in [1.807, 2.05) is 0 Å². The molecule has 0 aromatic heterocycles. The zero-order valence-electron chi connectivity index (χ0n) is 17.4. The summed E-state index contributed by atoms with van der Waals surface area (Å²) in [7, 11) is -0.318. The summed E-state index contributed by atoms with van der Waals surface area (Å²) in [5.74, 6) is 1.11. The number of hydrogen-bond acceptors (Lipinski definition) is 5. The van der Waals surface area contributed by atoms with Crippen molar-refractivity contribution < 1.29 is 22.7 Å². The standard InChI is InChI=1S/C22H28N2O5S/c1-28-19-9-8-18(21(15-19)29-2)14-22(25)23-16-17-6-10-20(11-7-17)30(26,27)24-12-4-3-5-13-24/h6-11,15H,3-5,12-14,16H2,1-2H3,(H,23,25). The van der Waals surface area contributed by atoms with Crippen molar-refractivity contribution in [3.63, 3.8) is 0 Å². The molecule has 7 nitrogen and oxygen atoms in total. The maximum Gasteiger partial charge on any atom is 0.243 e. The van der Waals surface area contributed by atoms with E-state index >= 15 is 0 Å². The summed E-state index contributed by atoms with van der Waals surface area (Å²) >= 11 is 0.